The molecule has 0 bridgehead atoms. The standard InChI is InChI=1S/C17H21N5O6S3/c1-4-28-15(25)11-5-7-12(8-6-11)18-14(24)10-29-17-21-20-16(30-17)19-13(23)9-22(2)31(3,26)27/h5-8H,4,9-10H2,1-3H3,(H,18,24)(H,19,20,23). The van der Waals surface area contributed by atoms with E-state index in [-0.39, 0.29) is 29.9 Å². The molecule has 1 heterocycles. The molecule has 2 rings (SSSR count). The summed E-state index contributed by atoms with van der Waals surface area (Å²) in [6.45, 7) is 1.65. The van der Waals surface area contributed by atoms with Gasteiger partial charge < -0.3 is 10.1 Å². The predicted molar refractivity (Wildman–Crippen MR) is 118 cm³/mol. The van der Waals surface area contributed by atoms with Crippen molar-refractivity contribution in [1.82, 2.24) is 14.5 Å². The first-order valence-corrected chi connectivity index (χ1v) is 12.5. The van der Waals surface area contributed by atoms with Crippen molar-refractivity contribution in [3.8, 4) is 0 Å². The molecule has 0 atom stereocenters. The average Bonchev–Trinajstić information content (AvgIpc) is 3.13. The maximum Gasteiger partial charge on any atom is 0.338 e. The third kappa shape index (κ3) is 8.24. The van der Waals surface area contributed by atoms with E-state index in [1.165, 1.54) is 7.05 Å². The fraction of sp³-hybridized carbons (Fsp3) is 0.353. The Morgan fingerprint density at radius 3 is 2.42 bits per heavy atom. The first kappa shape index (κ1) is 24.7. The van der Waals surface area contributed by atoms with Crippen molar-refractivity contribution in [1.29, 1.82) is 0 Å². The summed E-state index contributed by atoms with van der Waals surface area (Å²) in [4.78, 5) is 35.6. The SMILES string of the molecule is CCOC(=O)c1ccc(NC(=O)CSc2nnc(NC(=O)CN(C)S(C)(=O)=O)s2)cc1. The van der Waals surface area contributed by atoms with Crippen LogP contribution in [0.3, 0.4) is 0 Å². The number of aromatic nitrogens is 2. The molecule has 168 valence electrons. The topological polar surface area (TPSA) is 148 Å². The molecule has 0 spiro atoms. The highest BCUT2D eigenvalue weighted by atomic mass is 32.2. The third-order valence-corrected chi connectivity index (χ3v) is 6.83. The van der Waals surface area contributed by atoms with Gasteiger partial charge in [-0.3, -0.25) is 14.9 Å². The van der Waals surface area contributed by atoms with Crippen molar-refractivity contribution in [3.63, 3.8) is 0 Å². The molecule has 1 aromatic heterocycles. The molecule has 0 fully saturated rings. The quantitative estimate of drug-likeness (QED) is 0.287. The van der Waals surface area contributed by atoms with Gasteiger partial charge in [0.1, 0.15) is 0 Å². The Morgan fingerprint density at radius 1 is 1.13 bits per heavy atom. The number of esters is 1. The zero-order chi connectivity index (χ0) is 23.0. The summed E-state index contributed by atoms with van der Waals surface area (Å²) >= 11 is 2.19. The van der Waals surface area contributed by atoms with Crippen molar-refractivity contribution in [3.05, 3.63) is 29.8 Å². The minimum atomic E-state index is -3.47. The molecule has 14 heteroatoms. The Morgan fingerprint density at radius 2 is 1.81 bits per heavy atom. The number of sulfonamides is 1. The van der Waals surface area contributed by atoms with Crippen LogP contribution in [0.15, 0.2) is 28.6 Å². The Kier molecular flexibility index (Phi) is 8.91. The number of hydrogen-bond donors (Lipinski definition) is 2. The number of benzene rings is 1. The summed E-state index contributed by atoms with van der Waals surface area (Å²) in [5.74, 6) is -1.22. The highest BCUT2D eigenvalue weighted by molar-refractivity contribution is 8.01. The van der Waals surface area contributed by atoms with Crippen molar-refractivity contribution in [2.75, 3.05) is 42.8 Å². The molecule has 0 aliphatic carbocycles. The molecule has 2 amide bonds. The molecule has 2 aromatic rings. The van der Waals surface area contributed by atoms with E-state index in [1.54, 1.807) is 31.2 Å². The van der Waals surface area contributed by atoms with Gasteiger partial charge in [0.25, 0.3) is 0 Å². The van der Waals surface area contributed by atoms with Gasteiger partial charge in [0.15, 0.2) is 4.34 Å². The molecule has 0 aliphatic heterocycles. The lowest BCUT2D eigenvalue weighted by Gasteiger charge is -2.12. The van der Waals surface area contributed by atoms with Crippen LogP contribution >= 0.6 is 23.1 Å². The molecule has 11 nitrogen and oxygen atoms in total. The molecule has 0 saturated heterocycles. The van der Waals surface area contributed by atoms with Gasteiger partial charge in [-0.2, -0.15) is 4.31 Å². The van der Waals surface area contributed by atoms with Crippen molar-refractivity contribution in [2.45, 2.75) is 11.3 Å². The Balaban J connectivity index is 1.80. The normalized spacial score (nSPS) is 11.2. The van der Waals surface area contributed by atoms with Crippen molar-refractivity contribution >= 4 is 61.7 Å². The second kappa shape index (κ2) is 11.2. The molecule has 0 unspecified atom stereocenters. The number of rotatable bonds is 10. The van der Waals surface area contributed by atoms with Gasteiger partial charge in [-0.15, -0.1) is 10.2 Å². The average molecular weight is 488 g/mol. The Labute approximate surface area is 187 Å². The summed E-state index contributed by atoms with van der Waals surface area (Å²) < 4.78 is 28.9. The van der Waals surface area contributed by atoms with Crippen LogP contribution in [-0.4, -0.2) is 72.9 Å². The number of nitrogens with one attached hydrogen (secondary N) is 2. The molecule has 0 aliphatic rings. The number of carbonyl (C=O) groups is 3. The minimum Gasteiger partial charge on any atom is -0.462 e. The molecule has 1 aromatic carbocycles. The van der Waals surface area contributed by atoms with Crippen LogP contribution in [0.2, 0.25) is 0 Å². The summed E-state index contributed by atoms with van der Waals surface area (Å²) in [5.41, 5.74) is 0.916. The highest BCUT2D eigenvalue weighted by Gasteiger charge is 2.17. The summed E-state index contributed by atoms with van der Waals surface area (Å²) in [5, 5.41) is 13.0. The second-order valence-corrected chi connectivity index (χ2v) is 10.4. The van der Waals surface area contributed by atoms with Crippen LogP contribution in [-0.2, 0) is 24.3 Å². The number of hydrogen-bond acceptors (Lipinski definition) is 10. The van der Waals surface area contributed by atoms with Gasteiger partial charge in [0, 0.05) is 12.7 Å². The molecule has 0 saturated carbocycles. The van der Waals surface area contributed by atoms with Gasteiger partial charge in [-0.05, 0) is 31.2 Å². The van der Waals surface area contributed by atoms with E-state index < -0.39 is 21.9 Å². The largest absolute Gasteiger partial charge is 0.462 e. The monoisotopic (exact) mass is 487 g/mol. The highest BCUT2D eigenvalue weighted by Crippen LogP contribution is 2.25. The van der Waals surface area contributed by atoms with Gasteiger partial charge in [-0.25, -0.2) is 13.2 Å². The number of thioether (sulfide) groups is 1. The van der Waals surface area contributed by atoms with Crippen LogP contribution < -0.4 is 10.6 Å². The molecule has 2 N–H and O–H groups in total. The van der Waals surface area contributed by atoms with Crippen LogP contribution in [0.1, 0.15) is 17.3 Å². The summed E-state index contributed by atoms with van der Waals surface area (Å²) in [6.07, 6.45) is 1.000. The first-order chi connectivity index (χ1) is 14.6. The lowest BCUT2D eigenvalue weighted by Crippen LogP contribution is -2.34. The van der Waals surface area contributed by atoms with Gasteiger partial charge in [-0.1, -0.05) is 23.1 Å². The molecular weight excluding hydrogens is 466 g/mol. The van der Waals surface area contributed by atoms with E-state index >= 15 is 0 Å². The predicted octanol–water partition coefficient (Wildman–Crippen LogP) is 1.28. The number of nitrogens with zero attached hydrogens (tertiary/aromatic N) is 3. The Hall–Kier alpha value is -2.55. The summed E-state index contributed by atoms with van der Waals surface area (Å²) in [7, 11) is -2.18. The second-order valence-electron chi connectivity index (χ2n) is 6.08. The van der Waals surface area contributed by atoms with Gasteiger partial charge in [0.05, 0.1) is 30.7 Å². The van der Waals surface area contributed by atoms with Crippen LogP contribution in [0, 0.1) is 0 Å². The smallest absolute Gasteiger partial charge is 0.338 e. The number of anilines is 2. The number of carbonyl (C=O) groups excluding carboxylic acids is 3. The van der Waals surface area contributed by atoms with Crippen LogP contribution in [0.4, 0.5) is 10.8 Å². The zero-order valence-corrected chi connectivity index (χ0v) is 19.4. The third-order valence-electron chi connectivity index (χ3n) is 3.59. The van der Waals surface area contributed by atoms with E-state index in [4.69, 9.17) is 4.74 Å². The summed E-state index contributed by atoms with van der Waals surface area (Å²) in [6, 6.07) is 6.31. The maximum absolute atomic E-state index is 12.1. The number of likely N-dealkylation sites (N-methyl/N-ethyl adjacent to an activating group) is 1. The van der Waals surface area contributed by atoms with E-state index in [1.807, 2.05) is 0 Å². The fourth-order valence-electron chi connectivity index (χ4n) is 2.03. The molecular formula is C17H21N5O6S3. The molecule has 31 heavy (non-hydrogen) atoms. The Bertz CT molecular complexity index is 1040. The minimum absolute atomic E-state index is 0.0546. The van der Waals surface area contributed by atoms with E-state index in [9.17, 15) is 22.8 Å². The van der Waals surface area contributed by atoms with E-state index in [2.05, 4.69) is 20.8 Å². The number of ether oxygens (including phenoxy) is 1. The number of amides is 2. The molecule has 0 radical (unpaired) electrons. The first-order valence-electron chi connectivity index (χ1n) is 8.83. The lowest BCUT2D eigenvalue weighted by molar-refractivity contribution is -0.116. The van der Waals surface area contributed by atoms with Gasteiger partial charge in [0.2, 0.25) is 27.0 Å². The van der Waals surface area contributed by atoms with Crippen molar-refractivity contribution < 1.29 is 27.5 Å². The van der Waals surface area contributed by atoms with E-state index in [0.717, 1.165) is 33.7 Å². The van der Waals surface area contributed by atoms with Gasteiger partial charge >= 0.3 is 5.97 Å². The maximum atomic E-state index is 12.1. The zero-order valence-electron chi connectivity index (χ0n) is 16.9. The lowest BCUT2D eigenvalue weighted by atomic mass is 10.2. The van der Waals surface area contributed by atoms with Crippen molar-refractivity contribution in [2.24, 2.45) is 0 Å². The van der Waals surface area contributed by atoms with Crippen LogP contribution in [0.25, 0.3) is 0 Å². The fourth-order valence-corrected chi connectivity index (χ4v) is 3.95. The van der Waals surface area contributed by atoms with Crippen LogP contribution in [0.5, 0.6) is 0 Å². The van der Waals surface area contributed by atoms with E-state index in [0.29, 0.717) is 15.6 Å².